The van der Waals surface area contributed by atoms with Crippen molar-refractivity contribution in [2.24, 2.45) is 0 Å². The molecule has 0 aliphatic carbocycles. The van der Waals surface area contributed by atoms with E-state index in [9.17, 15) is 14.7 Å². The number of methoxy groups -OCH3 is 1. The predicted molar refractivity (Wildman–Crippen MR) is 152 cm³/mol. The number of nitrogens with zero attached hydrogens (tertiary/aromatic N) is 2. The highest BCUT2D eigenvalue weighted by Crippen LogP contribution is 2.45. The van der Waals surface area contributed by atoms with E-state index in [1.54, 1.807) is 25.3 Å². The van der Waals surface area contributed by atoms with Crippen LogP contribution in [0.4, 0.5) is 5.13 Å². The fourth-order valence-corrected chi connectivity index (χ4v) is 6.28. The molecule has 8 heteroatoms. The van der Waals surface area contributed by atoms with Gasteiger partial charge >= 0.3 is 5.91 Å². The van der Waals surface area contributed by atoms with Gasteiger partial charge in [-0.15, -0.1) is 0 Å². The van der Waals surface area contributed by atoms with Gasteiger partial charge in [0.15, 0.2) is 5.13 Å². The molecule has 39 heavy (non-hydrogen) atoms. The standard InChI is InChI=1S/C31H28N2O5S/c1-16(2)18-5-7-19(8-6-18)27-26(28(34)20-9-12-24-21(14-20)13-17(3)38-24)29(35)30(36)33(27)31-32-23-11-10-22(37-4)15-25(23)39-31/h5-12,14-17,27,34H,13H2,1-4H3. The summed E-state index contributed by atoms with van der Waals surface area (Å²) in [7, 11) is 1.59. The molecular weight excluding hydrogens is 512 g/mol. The summed E-state index contributed by atoms with van der Waals surface area (Å²) in [4.78, 5) is 33.3. The first-order chi connectivity index (χ1) is 18.7. The first kappa shape index (κ1) is 25.1. The molecule has 7 nitrogen and oxygen atoms in total. The van der Waals surface area contributed by atoms with Crippen LogP contribution in [0.25, 0.3) is 16.0 Å². The van der Waals surface area contributed by atoms with Crippen LogP contribution in [0.1, 0.15) is 55.0 Å². The molecule has 2 atom stereocenters. The van der Waals surface area contributed by atoms with Gasteiger partial charge in [-0.05, 0) is 65.9 Å². The van der Waals surface area contributed by atoms with Crippen molar-refractivity contribution in [1.29, 1.82) is 0 Å². The number of Topliss-reactive ketones (excluding diaryl/α,β-unsaturated/α-hetero) is 1. The van der Waals surface area contributed by atoms with Crippen LogP contribution in [0.5, 0.6) is 11.5 Å². The van der Waals surface area contributed by atoms with Crippen LogP contribution in [-0.2, 0) is 16.0 Å². The average molecular weight is 541 g/mol. The molecule has 1 N–H and O–H groups in total. The maximum Gasteiger partial charge on any atom is 0.301 e. The number of anilines is 1. The Balaban J connectivity index is 1.52. The first-order valence-corrected chi connectivity index (χ1v) is 13.7. The Hall–Kier alpha value is -4.17. The Kier molecular flexibility index (Phi) is 6.14. The highest BCUT2D eigenvalue weighted by Gasteiger charge is 2.48. The number of ether oxygens (including phenoxy) is 2. The van der Waals surface area contributed by atoms with Crippen LogP contribution in [0.3, 0.4) is 0 Å². The topological polar surface area (TPSA) is 89.0 Å². The summed E-state index contributed by atoms with van der Waals surface area (Å²) in [5.41, 5.74) is 4.02. The third-order valence-corrected chi connectivity index (χ3v) is 8.34. The second kappa shape index (κ2) is 9.54. The van der Waals surface area contributed by atoms with Gasteiger partial charge in [0, 0.05) is 12.0 Å². The maximum atomic E-state index is 13.6. The lowest BCUT2D eigenvalue weighted by atomic mass is 9.93. The fraction of sp³-hybridized carbons (Fsp3) is 0.258. The number of thiazole rings is 1. The molecule has 2 unspecified atom stereocenters. The Morgan fingerprint density at radius 2 is 1.87 bits per heavy atom. The minimum Gasteiger partial charge on any atom is -0.507 e. The molecule has 1 aromatic heterocycles. The van der Waals surface area contributed by atoms with Crippen molar-refractivity contribution in [2.75, 3.05) is 12.0 Å². The lowest BCUT2D eigenvalue weighted by Crippen LogP contribution is -2.29. The Bertz CT molecular complexity index is 1650. The molecule has 0 radical (unpaired) electrons. The van der Waals surface area contributed by atoms with Gasteiger partial charge in [0.2, 0.25) is 0 Å². The molecule has 198 valence electrons. The summed E-state index contributed by atoms with van der Waals surface area (Å²) in [6.45, 7) is 6.20. The number of benzene rings is 3. The fourth-order valence-electron chi connectivity index (χ4n) is 5.26. The van der Waals surface area contributed by atoms with Crippen molar-refractivity contribution in [2.45, 2.75) is 45.3 Å². The van der Waals surface area contributed by atoms with Gasteiger partial charge < -0.3 is 14.6 Å². The SMILES string of the molecule is COc1ccc2nc(N3C(=O)C(=O)C(=C(O)c4ccc5c(c4)CC(C)O5)C3c3ccc(C(C)C)cc3)sc2c1. The molecular formula is C31H28N2O5S. The van der Waals surface area contributed by atoms with E-state index in [4.69, 9.17) is 14.5 Å². The van der Waals surface area contributed by atoms with Crippen LogP contribution in [-0.4, -0.2) is 35.0 Å². The third kappa shape index (κ3) is 4.25. The van der Waals surface area contributed by atoms with E-state index in [-0.39, 0.29) is 17.4 Å². The van der Waals surface area contributed by atoms with E-state index >= 15 is 0 Å². The molecule has 4 aromatic rings. The molecule has 1 fully saturated rings. The van der Waals surface area contributed by atoms with Crippen molar-refractivity contribution >= 4 is 44.1 Å². The van der Waals surface area contributed by atoms with Gasteiger partial charge in [-0.2, -0.15) is 0 Å². The minimum atomic E-state index is -0.836. The van der Waals surface area contributed by atoms with Crippen molar-refractivity contribution in [3.63, 3.8) is 0 Å². The quantitative estimate of drug-likeness (QED) is 0.180. The number of aliphatic hydroxyl groups excluding tert-OH is 1. The van der Waals surface area contributed by atoms with Crippen LogP contribution in [0, 0.1) is 0 Å². The zero-order chi connectivity index (χ0) is 27.4. The number of carbonyl (C=O) groups excluding carboxylic acids is 2. The van der Waals surface area contributed by atoms with Crippen LogP contribution >= 0.6 is 11.3 Å². The Labute approximate surface area is 230 Å². The van der Waals surface area contributed by atoms with E-state index in [1.165, 1.54) is 16.2 Å². The molecule has 1 saturated heterocycles. The maximum absolute atomic E-state index is 13.6. The summed E-state index contributed by atoms with van der Waals surface area (Å²) in [5.74, 6) is 0.0892. The zero-order valence-corrected chi connectivity index (χ0v) is 22.9. The molecule has 3 heterocycles. The lowest BCUT2D eigenvalue weighted by molar-refractivity contribution is -0.132. The highest BCUT2D eigenvalue weighted by molar-refractivity contribution is 7.22. The van der Waals surface area contributed by atoms with Gasteiger partial charge in [0.05, 0.1) is 28.9 Å². The number of ketones is 1. The smallest absolute Gasteiger partial charge is 0.301 e. The largest absolute Gasteiger partial charge is 0.507 e. The lowest BCUT2D eigenvalue weighted by Gasteiger charge is -2.23. The number of hydrogen-bond donors (Lipinski definition) is 1. The number of fused-ring (bicyclic) bond motifs is 2. The predicted octanol–water partition coefficient (Wildman–Crippen LogP) is 6.38. The normalized spacial score (nSPS) is 20.1. The van der Waals surface area contributed by atoms with Gasteiger partial charge in [0.1, 0.15) is 23.4 Å². The average Bonchev–Trinajstić information content (AvgIpc) is 3.59. The van der Waals surface area contributed by atoms with Gasteiger partial charge in [0.25, 0.3) is 5.78 Å². The number of rotatable bonds is 5. The first-order valence-electron chi connectivity index (χ1n) is 12.9. The van der Waals surface area contributed by atoms with Crippen LogP contribution in [0.2, 0.25) is 0 Å². The minimum absolute atomic E-state index is 0.0418. The summed E-state index contributed by atoms with van der Waals surface area (Å²) in [6, 6.07) is 17.8. The van der Waals surface area contributed by atoms with E-state index in [1.807, 2.05) is 49.4 Å². The molecule has 3 aromatic carbocycles. The Morgan fingerprint density at radius 3 is 2.59 bits per heavy atom. The van der Waals surface area contributed by atoms with Crippen molar-refractivity contribution < 1.29 is 24.2 Å². The molecule has 6 rings (SSSR count). The number of amides is 1. The molecule has 0 spiro atoms. The Morgan fingerprint density at radius 1 is 1.10 bits per heavy atom. The van der Waals surface area contributed by atoms with Gasteiger partial charge in [-0.25, -0.2) is 4.98 Å². The van der Waals surface area contributed by atoms with Gasteiger partial charge in [-0.1, -0.05) is 49.4 Å². The molecule has 2 aliphatic rings. The van der Waals surface area contributed by atoms with E-state index in [0.717, 1.165) is 27.1 Å². The molecule has 0 saturated carbocycles. The van der Waals surface area contributed by atoms with E-state index in [0.29, 0.717) is 34.3 Å². The number of aromatic nitrogens is 1. The molecule has 0 bridgehead atoms. The van der Waals surface area contributed by atoms with E-state index < -0.39 is 17.7 Å². The third-order valence-electron chi connectivity index (χ3n) is 7.32. The van der Waals surface area contributed by atoms with Crippen molar-refractivity contribution in [3.05, 3.63) is 88.5 Å². The summed E-state index contributed by atoms with van der Waals surface area (Å²) >= 11 is 1.30. The van der Waals surface area contributed by atoms with E-state index in [2.05, 4.69) is 13.8 Å². The van der Waals surface area contributed by atoms with Crippen molar-refractivity contribution in [1.82, 2.24) is 4.98 Å². The van der Waals surface area contributed by atoms with Crippen molar-refractivity contribution in [3.8, 4) is 11.5 Å². The number of aliphatic hydroxyl groups is 1. The molecule has 1 amide bonds. The summed E-state index contributed by atoms with van der Waals surface area (Å²) in [6.07, 6.45) is 0.750. The number of carbonyl (C=O) groups is 2. The second-order valence-electron chi connectivity index (χ2n) is 10.3. The number of hydrogen-bond acceptors (Lipinski definition) is 7. The van der Waals surface area contributed by atoms with Crippen LogP contribution < -0.4 is 14.4 Å². The highest BCUT2D eigenvalue weighted by atomic mass is 32.1. The monoisotopic (exact) mass is 540 g/mol. The summed E-state index contributed by atoms with van der Waals surface area (Å²) < 4.78 is 12.0. The second-order valence-corrected chi connectivity index (χ2v) is 11.3. The van der Waals surface area contributed by atoms with Crippen LogP contribution in [0.15, 0.2) is 66.2 Å². The summed E-state index contributed by atoms with van der Waals surface area (Å²) in [5, 5.41) is 11.9. The molecule has 2 aliphatic heterocycles. The zero-order valence-electron chi connectivity index (χ0n) is 22.1. The van der Waals surface area contributed by atoms with Gasteiger partial charge in [-0.3, -0.25) is 14.5 Å².